The van der Waals surface area contributed by atoms with Crippen LogP contribution in [0.25, 0.3) is 0 Å². The number of carbonyl (C=O) groups is 1. The molecule has 0 N–H and O–H groups in total. The van der Waals surface area contributed by atoms with Gasteiger partial charge in [0.15, 0.2) is 0 Å². The summed E-state index contributed by atoms with van der Waals surface area (Å²) in [5.41, 5.74) is 0. The largest absolute Gasteiger partial charge is 0.466 e. The van der Waals surface area contributed by atoms with Crippen LogP contribution in [0.15, 0.2) is 12.2 Å². The van der Waals surface area contributed by atoms with Gasteiger partial charge in [0.1, 0.15) is 6.61 Å². The first-order chi connectivity index (χ1) is 8.58. The van der Waals surface area contributed by atoms with Crippen molar-refractivity contribution in [1.29, 1.82) is 0 Å². The zero-order chi connectivity index (χ0) is 14.8. The van der Waals surface area contributed by atoms with Crippen LogP contribution in [0, 0.1) is 0 Å². The van der Waals surface area contributed by atoms with E-state index in [0.29, 0.717) is 0 Å². The summed E-state index contributed by atoms with van der Waals surface area (Å²) in [6.45, 7) is 1.07. The monoisotopic (exact) mass is 351 g/mol. The smallest absolute Gasteiger partial charge is 0.339 e. The highest BCUT2D eigenvalue weighted by atomic mass is 35.6. The van der Waals surface area contributed by atoms with E-state index in [1.165, 1.54) is 13.2 Å². The van der Waals surface area contributed by atoms with E-state index in [2.05, 4.69) is 8.92 Å². The van der Waals surface area contributed by atoms with Crippen LogP contribution in [-0.2, 0) is 24.0 Å². The van der Waals surface area contributed by atoms with Gasteiger partial charge in [-0.25, -0.2) is 4.79 Å². The minimum absolute atomic E-state index is 0.332. The molecule has 0 aromatic heterocycles. The third kappa shape index (κ3) is 5.09. The van der Waals surface area contributed by atoms with Gasteiger partial charge in [-0.1, -0.05) is 40.9 Å². The molecule has 0 saturated carbocycles. The van der Waals surface area contributed by atoms with E-state index in [-0.39, 0.29) is 6.04 Å². The Kier molecular flexibility index (Phi) is 5.51. The molecule has 1 fully saturated rings. The lowest BCUT2D eigenvalue weighted by atomic mass is 10.3. The highest BCUT2D eigenvalue weighted by molar-refractivity contribution is 7.84. The summed E-state index contributed by atoms with van der Waals surface area (Å²) in [6.07, 6.45) is 2.55. The van der Waals surface area contributed by atoms with Crippen molar-refractivity contribution < 1.29 is 22.1 Å². The molecule has 1 aliphatic heterocycles. The molecule has 1 heterocycles. The van der Waals surface area contributed by atoms with Crippen molar-refractivity contribution in [2.45, 2.75) is 22.8 Å². The number of halogens is 3. The van der Waals surface area contributed by atoms with E-state index in [4.69, 9.17) is 34.8 Å². The topological polar surface area (TPSA) is 72.7 Å². The number of methoxy groups -OCH3 is 1. The lowest BCUT2D eigenvalue weighted by molar-refractivity contribution is -0.134. The summed E-state index contributed by atoms with van der Waals surface area (Å²) >= 11 is 16.2. The van der Waals surface area contributed by atoms with Gasteiger partial charge >= 0.3 is 16.3 Å². The van der Waals surface area contributed by atoms with Crippen LogP contribution in [0.3, 0.4) is 0 Å². The van der Waals surface area contributed by atoms with Crippen molar-refractivity contribution in [2.75, 3.05) is 13.7 Å². The molecule has 0 aromatic carbocycles. The molecule has 0 aliphatic carbocycles. The van der Waals surface area contributed by atoms with Crippen LogP contribution in [0.4, 0.5) is 0 Å². The van der Waals surface area contributed by atoms with E-state index >= 15 is 0 Å². The number of esters is 1. The predicted molar refractivity (Wildman–Crippen MR) is 71.4 cm³/mol. The van der Waals surface area contributed by atoms with Gasteiger partial charge in [0.05, 0.1) is 13.2 Å². The molecule has 110 valence electrons. The highest BCUT2D eigenvalue weighted by Gasteiger charge is 2.52. The first kappa shape index (κ1) is 17.0. The molecular weight excluding hydrogens is 341 g/mol. The number of hydrogen-bond donors (Lipinski definition) is 0. The molecule has 3 atom stereocenters. The van der Waals surface area contributed by atoms with Crippen LogP contribution >= 0.6 is 34.8 Å². The maximum Gasteiger partial charge on any atom is 0.339 e. The Morgan fingerprint density at radius 3 is 2.47 bits per heavy atom. The lowest BCUT2D eigenvalue weighted by Crippen LogP contribution is -2.23. The molecule has 0 amide bonds. The van der Waals surface area contributed by atoms with Crippen molar-refractivity contribution >= 4 is 51.1 Å². The van der Waals surface area contributed by atoms with Crippen LogP contribution in [0.5, 0.6) is 0 Å². The molecule has 1 rings (SSSR count). The average molecular weight is 353 g/mol. The Bertz CT molecular complexity index is 473. The minimum atomic E-state index is -4.00. The molecule has 0 bridgehead atoms. The summed E-state index contributed by atoms with van der Waals surface area (Å²) < 4.78 is 31.7. The summed E-state index contributed by atoms with van der Waals surface area (Å²) in [5, 5.41) is 0. The molecule has 0 spiro atoms. The molecule has 6 nitrogen and oxygen atoms in total. The molecule has 1 saturated heterocycles. The quantitative estimate of drug-likeness (QED) is 0.324. The summed E-state index contributed by atoms with van der Waals surface area (Å²) in [7, 11) is -2.77. The van der Waals surface area contributed by atoms with Gasteiger partial charge in [-0.3, -0.25) is 4.18 Å². The Morgan fingerprint density at radius 2 is 2.00 bits per heavy atom. The van der Waals surface area contributed by atoms with E-state index < -0.39 is 32.7 Å². The van der Waals surface area contributed by atoms with Gasteiger partial charge < -0.3 is 4.74 Å². The number of nitrogens with zero attached hydrogens (tertiary/aromatic N) is 1. The Morgan fingerprint density at radius 1 is 1.42 bits per heavy atom. The van der Waals surface area contributed by atoms with Crippen molar-refractivity contribution in [3.05, 3.63) is 12.2 Å². The molecule has 10 heteroatoms. The molecule has 0 radical (unpaired) electrons. The zero-order valence-electron chi connectivity index (χ0n) is 10.0. The van der Waals surface area contributed by atoms with Crippen molar-refractivity contribution in [1.82, 2.24) is 4.31 Å². The minimum Gasteiger partial charge on any atom is -0.466 e. The maximum atomic E-state index is 11.8. The second-order valence-electron chi connectivity index (χ2n) is 3.78. The Hall–Kier alpha value is -0.0500. The van der Waals surface area contributed by atoms with E-state index in [9.17, 15) is 13.2 Å². The van der Waals surface area contributed by atoms with Crippen LogP contribution in [-0.4, -0.2) is 48.3 Å². The number of hydrogen-bond acceptors (Lipinski definition) is 5. The van der Waals surface area contributed by atoms with E-state index in [1.54, 1.807) is 6.92 Å². The van der Waals surface area contributed by atoms with Gasteiger partial charge in [0, 0.05) is 12.1 Å². The summed E-state index contributed by atoms with van der Waals surface area (Å²) in [6, 6.07) is -0.805. The van der Waals surface area contributed by atoms with Gasteiger partial charge in [-0.05, 0) is 6.92 Å². The SMILES string of the molecule is COC(=O)/C=C/[C@H]1[C@H](C)N1S(=O)(=O)OCC(Cl)(Cl)Cl. The molecular formula is C9H12Cl3NO5S. The molecule has 19 heavy (non-hydrogen) atoms. The number of alkyl halides is 3. The van der Waals surface area contributed by atoms with Crippen molar-refractivity contribution in [3.8, 4) is 0 Å². The number of carbonyl (C=O) groups excluding carboxylic acids is 1. The van der Waals surface area contributed by atoms with Gasteiger partial charge in [-0.2, -0.15) is 12.7 Å². The van der Waals surface area contributed by atoms with Crippen LogP contribution in [0.2, 0.25) is 0 Å². The zero-order valence-corrected chi connectivity index (χ0v) is 13.1. The third-order valence-corrected chi connectivity index (χ3v) is 4.20. The fourth-order valence-corrected chi connectivity index (χ4v) is 3.22. The van der Waals surface area contributed by atoms with Gasteiger partial charge in [-0.15, -0.1) is 0 Å². The standard InChI is InChI=1S/C9H12Cl3NO5S/c1-6-7(3-4-8(14)17-2)13(6)19(15,16)18-5-9(10,11)12/h3-4,6-7H,5H2,1-2H3/b4-3+/t6-,7-,13?/m0/s1. The van der Waals surface area contributed by atoms with Crippen LogP contribution < -0.4 is 0 Å². The summed E-state index contributed by atoms with van der Waals surface area (Å²) in [4.78, 5) is 10.9. The second-order valence-corrected chi connectivity index (χ2v) is 7.81. The normalized spacial score (nSPS) is 27.5. The predicted octanol–water partition coefficient (Wildman–Crippen LogP) is 1.42. The Balaban J connectivity index is 2.62. The first-order valence-corrected chi connectivity index (χ1v) is 7.59. The van der Waals surface area contributed by atoms with E-state index in [1.807, 2.05) is 0 Å². The molecule has 0 aromatic rings. The van der Waals surface area contributed by atoms with Crippen LogP contribution in [0.1, 0.15) is 6.92 Å². The number of ether oxygens (including phenoxy) is 1. The second kappa shape index (κ2) is 6.15. The average Bonchev–Trinajstić information content (AvgIpc) is 2.94. The fourth-order valence-electron chi connectivity index (χ4n) is 1.39. The third-order valence-electron chi connectivity index (χ3n) is 2.36. The van der Waals surface area contributed by atoms with Crippen molar-refractivity contribution in [2.24, 2.45) is 0 Å². The highest BCUT2D eigenvalue weighted by Crippen LogP contribution is 2.35. The lowest BCUT2D eigenvalue weighted by Gasteiger charge is -2.11. The molecule has 1 unspecified atom stereocenters. The Labute approximate surface area is 126 Å². The maximum absolute atomic E-state index is 11.8. The van der Waals surface area contributed by atoms with Gasteiger partial charge in [0.25, 0.3) is 0 Å². The van der Waals surface area contributed by atoms with E-state index in [0.717, 1.165) is 10.4 Å². The molecule has 1 aliphatic rings. The first-order valence-electron chi connectivity index (χ1n) is 5.09. The van der Waals surface area contributed by atoms with Gasteiger partial charge in [0.2, 0.25) is 3.79 Å². The van der Waals surface area contributed by atoms with Crippen molar-refractivity contribution in [3.63, 3.8) is 0 Å². The number of rotatable bonds is 5. The summed E-state index contributed by atoms with van der Waals surface area (Å²) in [5.74, 6) is -0.571. The fraction of sp³-hybridized carbons (Fsp3) is 0.667.